The number of hydrogen-bond donors (Lipinski definition) is 1. The smallest absolute Gasteiger partial charge is 0.130 e. The van der Waals surface area contributed by atoms with Gasteiger partial charge in [-0.05, 0) is 48.1 Å². The van der Waals surface area contributed by atoms with Crippen LogP contribution in [0.3, 0.4) is 0 Å². The van der Waals surface area contributed by atoms with Gasteiger partial charge in [-0.25, -0.2) is 0 Å². The van der Waals surface area contributed by atoms with Crippen molar-refractivity contribution in [1.82, 2.24) is 5.32 Å². The van der Waals surface area contributed by atoms with Crippen LogP contribution in [0.1, 0.15) is 43.7 Å². The second-order valence-electron chi connectivity index (χ2n) is 6.10. The Morgan fingerprint density at radius 2 is 1.90 bits per heavy atom. The fourth-order valence-corrected chi connectivity index (χ4v) is 2.45. The molecule has 1 aliphatic carbocycles. The normalized spacial score (nSPS) is 14.4. The molecule has 0 aliphatic heterocycles. The molecule has 3 rings (SSSR count). The summed E-state index contributed by atoms with van der Waals surface area (Å²) < 4.78 is 6.11. The zero-order valence-corrected chi connectivity index (χ0v) is 12.8. The van der Waals surface area contributed by atoms with Crippen molar-refractivity contribution < 1.29 is 4.74 Å². The Bertz CT molecular complexity index is 602. The maximum atomic E-state index is 6.11. The van der Waals surface area contributed by atoms with Gasteiger partial charge in [0, 0.05) is 12.6 Å². The number of nitrogens with one attached hydrogen (secondary N) is 1. The van der Waals surface area contributed by atoms with Gasteiger partial charge in [-0.15, -0.1) is 0 Å². The third-order valence-electron chi connectivity index (χ3n) is 3.84. The quantitative estimate of drug-likeness (QED) is 0.817. The molecular formula is C19H23NO. The van der Waals surface area contributed by atoms with Crippen LogP contribution in [0.5, 0.6) is 11.5 Å². The molecule has 0 atom stereocenters. The number of benzene rings is 2. The largest absolute Gasteiger partial charge is 0.457 e. The highest BCUT2D eigenvalue weighted by atomic mass is 16.5. The minimum atomic E-state index is 0.459. The summed E-state index contributed by atoms with van der Waals surface area (Å²) in [5.74, 6) is 2.33. The summed E-state index contributed by atoms with van der Waals surface area (Å²) in [7, 11) is 0. The standard InChI is InChI=1S/C19H23NO/c1-14(2)18-8-3-4-9-19(18)21-17-7-5-6-15(12-17)13-20-16-10-11-16/h3-9,12,14,16,20H,10-11,13H2,1-2H3. The van der Waals surface area contributed by atoms with Crippen LogP contribution < -0.4 is 10.1 Å². The third-order valence-corrected chi connectivity index (χ3v) is 3.84. The molecule has 21 heavy (non-hydrogen) atoms. The molecule has 1 saturated carbocycles. The SMILES string of the molecule is CC(C)c1ccccc1Oc1cccc(CNC2CC2)c1. The number of hydrogen-bond acceptors (Lipinski definition) is 2. The molecule has 0 heterocycles. The minimum Gasteiger partial charge on any atom is -0.457 e. The van der Waals surface area contributed by atoms with Crippen LogP contribution in [-0.4, -0.2) is 6.04 Å². The Balaban J connectivity index is 1.73. The van der Waals surface area contributed by atoms with Gasteiger partial charge in [0.1, 0.15) is 11.5 Å². The van der Waals surface area contributed by atoms with Crippen molar-refractivity contribution in [1.29, 1.82) is 0 Å². The minimum absolute atomic E-state index is 0.459. The molecule has 0 bridgehead atoms. The summed E-state index contributed by atoms with van der Waals surface area (Å²) in [6, 6.07) is 17.4. The number of rotatable bonds is 6. The Labute approximate surface area is 127 Å². The molecule has 1 N–H and O–H groups in total. The van der Waals surface area contributed by atoms with Crippen LogP contribution >= 0.6 is 0 Å². The molecule has 1 fully saturated rings. The fourth-order valence-electron chi connectivity index (χ4n) is 2.45. The molecule has 2 nitrogen and oxygen atoms in total. The molecule has 2 heteroatoms. The van der Waals surface area contributed by atoms with E-state index in [1.54, 1.807) is 0 Å². The van der Waals surface area contributed by atoms with Crippen LogP contribution in [0.15, 0.2) is 48.5 Å². The summed E-state index contributed by atoms with van der Waals surface area (Å²) in [4.78, 5) is 0. The average molecular weight is 281 g/mol. The van der Waals surface area contributed by atoms with Crippen molar-refractivity contribution in [2.45, 2.75) is 45.2 Å². The lowest BCUT2D eigenvalue weighted by molar-refractivity contribution is 0.472. The van der Waals surface area contributed by atoms with Crippen molar-refractivity contribution in [3.63, 3.8) is 0 Å². The van der Waals surface area contributed by atoms with Crippen molar-refractivity contribution in [3.05, 3.63) is 59.7 Å². The molecule has 0 radical (unpaired) electrons. The third kappa shape index (κ3) is 3.85. The highest BCUT2D eigenvalue weighted by molar-refractivity contribution is 5.40. The predicted octanol–water partition coefficient (Wildman–Crippen LogP) is 4.85. The molecule has 0 aromatic heterocycles. The lowest BCUT2D eigenvalue weighted by Crippen LogP contribution is -2.15. The van der Waals surface area contributed by atoms with E-state index in [0.717, 1.165) is 24.1 Å². The van der Waals surface area contributed by atoms with Crippen molar-refractivity contribution in [3.8, 4) is 11.5 Å². The zero-order chi connectivity index (χ0) is 14.7. The Morgan fingerprint density at radius 3 is 2.67 bits per heavy atom. The first-order valence-corrected chi connectivity index (χ1v) is 7.81. The van der Waals surface area contributed by atoms with E-state index in [0.29, 0.717) is 5.92 Å². The monoisotopic (exact) mass is 281 g/mol. The van der Waals surface area contributed by atoms with E-state index < -0.39 is 0 Å². The number of para-hydroxylation sites is 1. The second kappa shape index (κ2) is 6.31. The van der Waals surface area contributed by atoms with Gasteiger partial charge in [-0.3, -0.25) is 0 Å². The summed E-state index contributed by atoms with van der Waals surface area (Å²) in [6.45, 7) is 5.31. The van der Waals surface area contributed by atoms with Crippen molar-refractivity contribution in [2.75, 3.05) is 0 Å². The van der Waals surface area contributed by atoms with Crippen LogP contribution in [0.2, 0.25) is 0 Å². The van der Waals surface area contributed by atoms with Gasteiger partial charge in [0.25, 0.3) is 0 Å². The van der Waals surface area contributed by atoms with Crippen LogP contribution in [-0.2, 0) is 6.54 Å². The zero-order valence-electron chi connectivity index (χ0n) is 12.8. The Hall–Kier alpha value is -1.80. The summed E-state index contributed by atoms with van der Waals surface area (Å²) in [6.07, 6.45) is 2.63. The Kier molecular flexibility index (Phi) is 4.26. The summed E-state index contributed by atoms with van der Waals surface area (Å²) >= 11 is 0. The van der Waals surface area contributed by atoms with Crippen LogP contribution in [0.25, 0.3) is 0 Å². The van der Waals surface area contributed by atoms with Gasteiger partial charge >= 0.3 is 0 Å². The molecule has 1 aliphatic rings. The lowest BCUT2D eigenvalue weighted by Gasteiger charge is -2.14. The Morgan fingerprint density at radius 1 is 1.10 bits per heavy atom. The summed E-state index contributed by atoms with van der Waals surface area (Å²) in [5.41, 5.74) is 2.53. The number of ether oxygens (including phenoxy) is 1. The van der Waals surface area contributed by atoms with E-state index in [1.165, 1.54) is 24.0 Å². The highest BCUT2D eigenvalue weighted by Crippen LogP contribution is 2.30. The van der Waals surface area contributed by atoms with Gasteiger partial charge in [-0.1, -0.05) is 44.2 Å². The molecule has 0 amide bonds. The first-order chi connectivity index (χ1) is 10.2. The van der Waals surface area contributed by atoms with E-state index in [2.05, 4.69) is 49.5 Å². The predicted molar refractivity (Wildman–Crippen MR) is 86.9 cm³/mol. The first kappa shape index (κ1) is 14.2. The molecular weight excluding hydrogens is 258 g/mol. The van der Waals surface area contributed by atoms with Crippen molar-refractivity contribution >= 4 is 0 Å². The topological polar surface area (TPSA) is 21.3 Å². The highest BCUT2D eigenvalue weighted by Gasteiger charge is 2.19. The molecule has 0 unspecified atom stereocenters. The molecule has 110 valence electrons. The maximum Gasteiger partial charge on any atom is 0.130 e. The van der Waals surface area contributed by atoms with Crippen LogP contribution in [0, 0.1) is 0 Å². The van der Waals surface area contributed by atoms with Gasteiger partial charge in [-0.2, -0.15) is 0 Å². The van der Waals surface area contributed by atoms with Gasteiger partial charge < -0.3 is 10.1 Å². The summed E-state index contributed by atoms with van der Waals surface area (Å²) in [5, 5.41) is 3.54. The van der Waals surface area contributed by atoms with E-state index in [1.807, 2.05) is 18.2 Å². The van der Waals surface area contributed by atoms with Gasteiger partial charge in [0.05, 0.1) is 0 Å². The maximum absolute atomic E-state index is 6.11. The van der Waals surface area contributed by atoms with E-state index in [4.69, 9.17) is 4.74 Å². The fraction of sp³-hybridized carbons (Fsp3) is 0.368. The van der Waals surface area contributed by atoms with Crippen molar-refractivity contribution in [2.24, 2.45) is 0 Å². The van der Waals surface area contributed by atoms with E-state index in [9.17, 15) is 0 Å². The molecule has 2 aromatic carbocycles. The van der Waals surface area contributed by atoms with E-state index in [-0.39, 0.29) is 0 Å². The lowest BCUT2D eigenvalue weighted by atomic mass is 10.0. The average Bonchev–Trinajstić information content (AvgIpc) is 3.30. The second-order valence-corrected chi connectivity index (χ2v) is 6.10. The molecule has 0 spiro atoms. The molecule has 2 aromatic rings. The van der Waals surface area contributed by atoms with E-state index >= 15 is 0 Å². The van der Waals surface area contributed by atoms with Crippen LogP contribution in [0.4, 0.5) is 0 Å². The van der Waals surface area contributed by atoms with Gasteiger partial charge in [0.2, 0.25) is 0 Å². The van der Waals surface area contributed by atoms with Gasteiger partial charge in [0.15, 0.2) is 0 Å². The molecule has 0 saturated heterocycles. The first-order valence-electron chi connectivity index (χ1n) is 7.81.